The maximum absolute atomic E-state index is 13.9. The van der Waals surface area contributed by atoms with E-state index in [9.17, 15) is 14.0 Å². The number of hydrogen-bond donors (Lipinski definition) is 0. The highest BCUT2D eigenvalue weighted by molar-refractivity contribution is 5.88. The number of imidazole rings is 1. The molecular formula is C27H22F2N4O. The first-order valence-electron chi connectivity index (χ1n) is 11.2. The van der Waals surface area contributed by atoms with E-state index >= 15 is 0 Å². The van der Waals surface area contributed by atoms with Gasteiger partial charge in [-0.05, 0) is 60.4 Å². The number of nitriles is 1. The summed E-state index contributed by atoms with van der Waals surface area (Å²) in [7, 11) is 0. The van der Waals surface area contributed by atoms with Gasteiger partial charge in [-0.1, -0.05) is 19.1 Å². The lowest BCUT2D eigenvalue weighted by molar-refractivity contribution is 0.305. The van der Waals surface area contributed by atoms with Crippen molar-refractivity contribution in [1.82, 2.24) is 14.5 Å². The second-order valence-corrected chi connectivity index (χ2v) is 8.37. The predicted molar refractivity (Wildman–Crippen MR) is 125 cm³/mol. The van der Waals surface area contributed by atoms with E-state index in [0.717, 1.165) is 40.9 Å². The molecule has 0 radical (unpaired) electrons. The minimum Gasteiger partial charge on any atom is -0.488 e. The molecule has 0 atom stereocenters. The molecule has 4 aromatic rings. The van der Waals surface area contributed by atoms with Crippen LogP contribution in [-0.2, 0) is 19.6 Å². The quantitative estimate of drug-likeness (QED) is 0.281. The molecule has 0 spiro atoms. The SMILES string of the molecule is CCCc1nc2ccc(F)nc2n1Cc1ccc2c(c1)COc1cc(F)ccc1/C2=C(/C)C#N. The van der Waals surface area contributed by atoms with E-state index in [1.165, 1.54) is 18.2 Å². The number of hydrogen-bond acceptors (Lipinski definition) is 4. The third-order valence-electron chi connectivity index (χ3n) is 6.03. The topological polar surface area (TPSA) is 63.7 Å². The first-order chi connectivity index (χ1) is 16.5. The lowest BCUT2D eigenvalue weighted by atomic mass is 9.90. The summed E-state index contributed by atoms with van der Waals surface area (Å²) in [4.78, 5) is 8.74. The third-order valence-corrected chi connectivity index (χ3v) is 6.03. The van der Waals surface area contributed by atoms with Gasteiger partial charge >= 0.3 is 0 Å². The number of aryl methyl sites for hydroxylation is 1. The third kappa shape index (κ3) is 3.81. The van der Waals surface area contributed by atoms with Crippen LogP contribution in [0.5, 0.6) is 5.75 Å². The number of allylic oxidation sites excluding steroid dienone is 1. The molecule has 5 rings (SSSR count). The number of ether oxygens (including phenoxy) is 1. The van der Waals surface area contributed by atoms with E-state index in [1.54, 1.807) is 19.1 Å². The smallest absolute Gasteiger partial charge is 0.214 e. The van der Waals surface area contributed by atoms with E-state index in [-0.39, 0.29) is 6.61 Å². The molecule has 5 nitrogen and oxygen atoms in total. The molecule has 7 heteroatoms. The highest BCUT2D eigenvalue weighted by Gasteiger charge is 2.23. The number of halogens is 2. The van der Waals surface area contributed by atoms with Crippen molar-refractivity contribution < 1.29 is 13.5 Å². The van der Waals surface area contributed by atoms with Crippen LogP contribution in [0.1, 0.15) is 48.3 Å². The fourth-order valence-electron chi connectivity index (χ4n) is 4.48. The molecule has 0 saturated carbocycles. The lowest BCUT2D eigenvalue weighted by Gasteiger charge is -2.14. The van der Waals surface area contributed by atoms with E-state index in [0.29, 0.717) is 34.6 Å². The number of rotatable bonds is 4. The van der Waals surface area contributed by atoms with Gasteiger partial charge in [-0.15, -0.1) is 0 Å². The number of nitrogens with zero attached hydrogens (tertiary/aromatic N) is 4. The van der Waals surface area contributed by atoms with E-state index < -0.39 is 11.8 Å². The Bertz CT molecular complexity index is 1500. The van der Waals surface area contributed by atoms with Crippen LogP contribution in [-0.4, -0.2) is 14.5 Å². The molecule has 0 amide bonds. The number of aromatic nitrogens is 3. The molecule has 170 valence electrons. The summed E-state index contributed by atoms with van der Waals surface area (Å²) in [6.45, 7) is 4.53. The minimum atomic E-state index is -0.543. The zero-order valence-corrected chi connectivity index (χ0v) is 18.9. The Kier molecular flexibility index (Phi) is 5.58. The maximum Gasteiger partial charge on any atom is 0.214 e. The predicted octanol–water partition coefficient (Wildman–Crippen LogP) is 5.95. The van der Waals surface area contributed by atoms with Crippen molar-refractivity contribution in [3.05, 3.63) is 93.9 Å². The van der Waals surface area contributed by atoms with Gasteiger partial charge in [-0.25, -0.2) is 9.37 Å². The average Bonchev–Trinajstić information content (AvgIpc) is 3.06. The Morgan fingerprint density at radius 2 is 1.91 bits per heavy atom. The molecule has 34 heavy (non-hydrogen) atoms. The van der Waals surface area contributed by atoms with Gasteiger partial charge < -0.3 is 9.30 Å². The van der Waals surface area contributed by atoms with Gasteiger partial charge in [0.15, 0.2) is 5.65 Å². The van der Waals surface area contributed by atoms with Crippen LogP contribution in [0, 0.1) is 23.1 Å². The first kappa shape index (κ1) is 21.8. The monoisotopic (exact) mass is 456 g/mol. The highest BCUT2D eigenvalue weighted by atomic mass is 19.1. The molecule has 3 heterocycles. The van der Waals surface area contributed by atoms with E-state index in [2.05, 4.69) is 23.0 Å². The standard InChI is InChI=1S/C27H22F2N4O/c1-3-4-25-31-22-9-10-24(29)32-27(22)33(25)14-17-5-7-20-18(11-17)15-34-23-12-19(28)6-8-21(23)26(20)16(2)13-30/h5-12H,3-4,14-15H2,1-2H3/b26-16-. The summed E-state index contributed by atoms with van der Waals surface area (Å²) in [6, 6.07) is 15.5. The van der Waals surface area contributed by atoms with Gasteiger partial charge in [-0.2, -0.15) is 14.6 Å². The van der Waals surface area contributed by atoms with Crippen LogP contribution in [0.15, 0.2) is 54.1 Å². The van der Waals surface area contributed by atoms with Crippen molar-refractivity contribution in [3.8, 4) is 11.8 Å². The first-order valence-corrected chi connectivity index (χ1v) is 11.2. The second kappa shape index (κ2) is 8.71. The van der Waals surface area contributed by atoms with Crippen LogP contribution >= 0.6 is 0 Å². The zero-order chi connectivity index (χ0) is 23.8. The Morgan fingerprint density at radius 3 is 2.71 bits per heavy atom. The van der Waals surface area contributed by atoms with Gasteiger partial charge in [0.2, 0.25) is 5.95 Å². The molecule has 1 aliphatic heterocycles. The Labute approximate surface area is 196 Å². The van der Waals surface area contributed by atoms with Crippen molar-refractivity contribution in [2.24, 2.45) is 0 Å². The summed E-state index contributed by atoms with van der Waals surface area (Å²) < 4.78 is 35.7. The largest absolute Gasteiger partial charge is 0.488 e. The van der Waals surface area contributed by atoms with Gasteiger partial charge in [0.1, 0.15) is 29.5 Å². The summed E-state index contributed by atoms with van der Waals surface area (Å²) in [5.74, 6) is 0.326. The fraction of sp³-hybridized carbons (Fsp3) is 0.222. The summed E-state index contributed by atoms with van der Waals surface area (Å²) in [5, 5.41) is 9.64. The van der Waals surface area contributed by atoms with Gasteiger partial charge in [0, 0.05) is 29.2 Å². The molecule has 0 fully saturated rings. The second-order valence-electron chi connectivity index (χ2n) is 8.37. The molecular weight excluding hydrogens is 434 g/mol. The molecule has 0 unspecified atom stereocenters. The van der Waals surface area contributed by atoms with E-state index in [4.69, 9.17) is 4.74 Å². The van der Waals surface area contributed by atoms with Crippen molar-refractivity contribution in [2.75, 3.05) is 0 Å². The average molecular weight is 456 g/mol. The molecule has 0 N–H and O–H groups in total. The van der Waals surface area contributed by atoms with Gasteiger partial charge in [0.05, 0.1) is 12.6 Å². The zero-order valence-electron chi connectivity index (χ0n) is 18.9. The highest BCUT2D eigenvalue weighted by Crippen LogP contribution is 2.39. The summed E-state index contributed by atoms with van der Waals surface area (Å²) in [5.41, 5.74) is 5.86. The molecule has 0 bridgehead atoms. The number of fused-ring (bicyclic) bond motifs is 3. The Balaban J connectivity index is 1.60. The van der Waals surface area contributed by atoms with Crippen molar-refractivity contribution in [3.63, 3.8) is 0 Å². The molecule has 2 aromatic heterocycles. The van der Waals surface area contributed by atoms with Crippen LogP contribution in [0.3, 0.4) is 0 Å². The Hall–Kier alpha value is -4.05. The minimum absolute atomic E-state index is 0.237. The van der Waals surface area contributed by atoms with Crippen LogP contribution in [0.4, 0.5) is 8.78 Å². The number of benzene rings is 2. The summed E-state index contributed by atoms with van der Waals surface area (Å²) in [6.07, 6.45) is 1.65. The van der Waals surface area contributed by atoms with Crippen LogP contribution in [0.2, 0.25) is 0 Å². The van der Waals surface area contributed by atoms with Crippen molar-refractivity contribution in [1.29, 1.82) is 5.26 Å². The number of pyridine rings is 1. The molecule has 0 aliphatic carbocycles. The molecule has 1 aliphatic rings. The Morgan fingerprint density at radius 1 is 1.09 bits per heavy atom. The maximum atomic E-state index is 13.9. The summed E-state index contributed by atoms with van der Waals surface area (Å²) >= 11 is 0. The van der Waals surface area contributed by atoms with Crippen molar-refractivity contribution in [2.45, 2.75) is 39.8 Å². The molecule has 0 saturated heterocycles. The molecule has 2 aromatic carbocycles. The fourth-order valence-corrected chi connectivity index (χ4v) is 4.48. The van der Waals surface area contributed by atoms with Crippen molar-refractivity contribution >= 4 is 16.7 Å². The lowest BCUT2D eigenvalue weighted by Crippen LogP contribution is -2.07. The van der Waals surface area contributed by atoms with Gasteiger partial charge in [0.25, 0.3) is 0 Å². The van der Waals surface area contributed by atoms with Gasteiger partial charge in [-0.3, -0.25) is 0 Å². The van der Waals surface area contributed by atoms with Crippen LogP contribution < -0.4 is 4.74 Å². The normalized spacial score (nSPS) is 14.1. The van der Waals surface area contributed by atoms with Crippen LogP contribution in [0.25, 0.3) is 16.7 Å². The van der Waals surface area contributed by atoms with E-state index in [1.807, 2.05) is 22.8 Å².